The zero-order chi connectivity index (χ0) is 23.5. The molecule has 0 aromatic heterocycles. The van der Waals surface area contributed by atoms with Gasteiger partial charge in [0.1, 0.15) is 17.5 Å². The number of hydrogen-bond acceptors (Lipinski definition) is 6. The van der Waals surface area contributed by atoms with Crippen molar-refractivity contribution in [2.75, 3.05) is 51.3 Å². The van der Waals surface area contributed by atoms with Gasteiger partial charge in [-0.3, -0.25) is 19.3 Å². The summed E-state index contributed by atoms with van der Waals surface area (Å²) < 4.78 is 11.1. The minimum Gasteiger partial charge on any atom is -0.485 e. The lowest BCUT2D eigenvalue weighted by atomic mass is 10.1. The number of ether oxygens (including phenoxy) is 2. The third-order valence-corrected chi connectivity index (χ3v) is 6.12. The molecule has 2 aromatic carbocycles. The second-order valence-corrected chi connectivity index (χ2v) is 8.65. The highest BCUT2D eigenvalue weighted by molar-refractivity contribution is 6.30. The van der Waals surface area contributed by atoms with Crippen molar-refractivity contribution in [3.8, 4) is 11.5 Å². The van der Waals surface area contributed by atoms with E-state index in [1.54, 1.807) is 54.3 Å². The van der Waals surface area contributed by atoms with Gasteiger partial charge >= 0.3 is 0 Å². The lowest BCUT2D eigenvalue weighted by molar-refractivity contribution is -0.136. The lowest BCUT2D eigenvalue weighted by Gasteiger charge is -2.38. The van der Waals surface area contributed by atoms with Crippen LogP contribution in [0.1, 0.15) is 17.3 Å². The Morgan fingerprint density at radius 3 is 2.61 bits per heavy atom. The van der Waals surface area contributed by atoms with Crippen molar-refractivity contribution in [3.63, 3.8) is 0 Å². The third kappa shape index (κ3) is 5.12. The zero-order valence-electron chi connectivity index (χ0n) is 18.6. The molecule has 9 heteroatoms. The van der Waals surface area contributed by atoms with Crippen LogP contribution in [-0.4, -0.2) is 79.9 Å². The largest absolute Gasteiger partial charge is 0.485 e. The second-order valence-electron chi connectivity index (χ2n) is 8.21. The average Bonchev–Trinajstić information content (AvgIpc) is 2.82. The van der Waals surface area contributed by atoms with Crippen molar-refractivity contribution in [1.29, 1.82) is 0 Å². The van der Waals surface area contributed by atoms with Gasteiger partial charge in [0.05, 0.1) is 5.69 Å². The molecule has 2 aromatic rings. The van der Waals surface area contributed by atoms with Crippen molar-refractivity contribution in [2.45, 2.75) is 13.0 Å². The van der Waals surface area contributed by atoms with Crippen LogP contribution in [0.5, 0.6) is 11.5 Å². The Balaban J connectivity index is 1.52. The molecule has 33 heavy (non-hydrogen) atoms. The third-order valence-electron chi connectivity index (χ3n) is 5.89. The first-order chi connectivity index (χ1) is 15.8. The smallest absolute Gasteiger partial charge is 0.265 e. The number of anilines is 1. The fourth-order valence-corrected chi connectivity index (χ4v) is 4.14. The molecule has 0 spiro atoms. The van der Waals surface area contributed by atoms with E-state index in [9.17, 15) is 14.4 Å². The Bertz CT molecular complexity index is 1070. The molecule has 2 aliphatic heterocycles. The molecule has 2 aliphatic rings. The number of halogens is 1. The van der Waals surface area contributed by atoms with E-state index in [1.807, 2.05) is 7.05 Å². The molecule has 1 atom stereocenters. The number of benzene rings is 2. The van der Waals surface area contributed by atoms with E-state index >= 15 is 0 Å². The number of hydrogen-bond donors (Lipinski definition) is 0. The Hall–Kier alpha value is -3.10. The van der Waals surface area contributed by atoms with E-state index < -0.39 is 6.04 Å². The lowest BCUT2D eigenvalue weighted by Crippen LogP contribution is -2.56. The molecule has 2 amide bonds. The van der Waals surface area contributed by atoms with Gasteiger partial charge in [-0.25, -0.2) is 0 Å². The molecular weight excluding hydrogens is 446 g/mol. The molecule has 0 N–H and O–H groups in total. The molecule has 0 radical (unpaired) electrons. The van der Waals surface area contributed by atoms with Crippen LogP contribution in [-0.2, 0) is 9.59 Å². The van der Waals surface area contributed by atoms with Crippen molar-refractivity contribution < 1.29 is 23.9 Å². The normalized spacial score (nSPS) is 17.2. The molecule has 0 saturated carbocycles. The number of fused-ring (bicyclic) bond motifs is 1. The number of amides is 2. The van der Waals surface area contributed by atoms with Crippen molar-refractivity contribution in [2.24, 2.45) is 0 Å². The molecule has 8 nitrogen and oxygen atoms in total. The fraction of sp³-hybridized carbons (Fsp3) is 0.375. The summed E-state index contributed by atoms with van der Waals surface area (Å²) in [6, 6.07) is 10.9. The number of carbonyl (C=O) groups excluding carboxylic acids is 3. The standard InChI is InChI=1S/C24H26ClN3O5/c1-16(24(31)27-10-8-26(2)9-11-27)28-20-12-17(6-7-22(20)33-15-23(28)30)21(29)14-32-19-5-3-4-18(25)13-19/h3-7,12-13,16H,8-11,14-15H2,1-2H3/t16-/m0/s1. The highest BCUT2D eigenvalue weighted by atomic mass is 35.5. The summed E-state index contributed by atoms with van der Waals surface area (Å²) in [5.74, 6) is 0.233. The molecule has 0 aliphatic carbocycles. The molecular formula is C24H26ClN3O5. The van der Waals surface area contributed by atoms with E-state index in [2.05, 4.69) is 4.90 Å². The summed E-state index contributed by atoms with van der Waals surface area (Å²) in [6.07, 6.45) is 0. The Kier molecular flexibility index (Phi) is 6.85. The molecule has 0 unspecified atom stereocenters. The minimum atomic E-state index is -0.711. The van der Waals surface area contributed by atoms with Gasteiger partial charge < -0.3 is 19.3 Å². The molecule has 1 saturated heterocycles. The molecule has 1 fully saturated rings. The predicted molar refractivity (Wildman–Crippen MR) is 124 cm³/mol. The maximum Gasteiger partial charge on any atom is 0.265 e. The SMILES string of the molecule is C[C@@H](C(=O)N1CCN(C)CC1)N1C(=O)COc2ccc(C(=O)COc3cccc(Cl)c3)cc21. The number of carbonyl (C=O) groups is 3. The van der Waals surface area contributed by atoms with Crippen LogP contribution in [0, 0.1) is 0 Å². The summed E-state index contributed by atoms with van der Waals surface area (Å²) in [6.45, 7) is 4.18. The Morgan fingerprint density at radius 1 is 1.12 bits per heavy atom. The van der Waals surface area contributed by atoms with Gasteiger partial charge in [0.15, 0.2) is 19.0 Å². The van der Waals surface area contributed by atoms with Gasteiger partial charge in [-0.2, -0.15) is 0 Å². The second kappa shape index (κ2) is 9.80. The van der Waals surface area contributed by atoms with Crippen molar-refractivity contribution in [1.82, 2.24) is 9.80 Å². The zero-order valence-corrected chi connectivity index (χ0v) is 19.4. The quantitative estimate of drug-likeness (QED) is 0.602. The van der Waals surface area contributed by atoms with E-state index in [4.69, 9.17) is 21.1 Å². The highest BCUT2D eigenvalue weighted by Gasteiger charge is 2.36. The van der Waals surface area contributed by atoms with Crippen LogP contribution >= 0.6 is 11.6 Å². The van der Waals surface area contributed by atoms with Crippen molar-refractivity contribution >= 4 is 34.9 Å². The number of ketones is 1. The van der Waals surface area contributed by atoms with Gasteiger partial charge in [0, 0.05) is 36.8 Å². The van der Waals surface area contributed by atoms with E-state index in [-0.39, 0.29) is 30.8 Å². The maximum atomic E-state index is 13.1. The Labute approximate surface area is 197 Å². The number of Topliss-reactive ketones (excluding diaryl/α,β-unsaturated/α-hetero) is 1. The molecule has 0 bridgehead atoms. The van der Waals surface area contributed by atoms with Gasteiger partial charge in [0.2, 0.25) is 5.91 Å². The van der Waals surface area contributed by atoms with Gasteiger partial charge in [-0.1, -0.05) is 17.7 Å². The van der Waals surface area contributed by atoms with E-state index in [0.29, 0.717) is 40.9 Å². The van der Waals surface area contributed by atoms with Gasteiger partial charge in [-0.05, 0) is 50.4 Å². The highest BCUT2D eigenvalue weighted by Crippen LogP contribution is 2.35. The van der Waals surface area contributed by atoms with Crippen LogP contribution in [0.3, 0.4) is 0 Å². The number of piperazine rings is 1. The first kappa shape index (κ1) is 23.1. The van der Waals surface area contributed by atoms with Crippen LogP contribution < -0.4 is 14.4 Å². The van der Waals surface area contributed by atoms with Crippen LogP contribution in [0.4, 0.5) is 5.69 Å². The van der Waals surface area contributed by atoms with Crippen LogP contribution in [0.15, 0.2) is 42.5 Å². The van der Waals surface area contributed by atoms with E-state index in [0.717, 1.165) is 13.1 Å². The maximum absolute atomic E-state index is 13.1. The first-order valence-electron chi connectivity index (χ1n) is 10.8. The van der Waals surface area contributed by atoms with Crippen molar-refractivity contribution in [3.05, 3.63) is 53.1 Å². The van der Waals surface area contributed by atoms with Crippen LogP contribution in [0.25, 0.3) is 0 Å². The minimum absolute atomic E-state index is 0.120. The fourth-order valence-electron chi connectivity index (χ4n) is 3.96. The summed E-state index contributed by atoms with van der Waals surface area (Å²) in [4.78, 5) is 44.1. The summed E-state index contributed by atoms with van der Waals surface area (Å²) in [5.41, 5.74) is 0.771. The van der Waals surface area contributed by atoms with Gasteiger partial charge in [0.25, 0.3) is 5.91 Å². The molecule has 174 valence electrons. The average molecular weight is 472 g/mol. The molecule has 4 rings (SSSR count). The van der Waals surface area contributed by atoms with Gasteiger partial charge in [-0.15, -0.1) is 0 Å². The summed E-state index contributed by atoms with van der Waals surface area (Å²) in [7, 11) is 2.02. The topological polar surface area (TPSA) is 79.4 Å². The number of rotatable bonds is 6. The monoisotopic (exact) mass is 471 g/mol. The predicted octanol–water partition coefficient (Wildman–Crippen LogP) is 2.49. The Morgan fingerprint density at radius 2 is 1.88 bits per heavy atom. The van der Waals surface area contributed by atoms with Crippen LogP contribution in [0.2, 0.25) is 5.02 Å². The van der Waals surface area contributed by atoms with E-state index in [1.165, 1.54) is 4.90 Å². The number of nitrogens with zero attached hydrogens (tertiary/aromatic N) is 3. The summed E-state index contributed by atoms with van der Waals surface area (Å²) in [5, 5.41) is 0.513. The number of likely N-dealkylation sites (N-methyl/N-ethyl adjacent to an activating group) is 1. The summed E-state index contributed by atoms with van der Waals surface area (Å²) >= 11 is 5.96. The first-order valence-corrected chi connectivity index (χ1v) is 11.2. The molecule has 2 heterocycles.